The van der Waals surface area contributed by atoms with Crippen LogP contribution in [0, 0.1) is 5.82 Å². The normalized spacial score (nSPS) is 19.0. The van der Waals surface area contributed by atoms with Crippen molar-refractivity contribution < 1.29 is 9.18 Å². The molecule has 1 amide bonds. The summed E-state index contributed by atoms with van der Waals surface area (Å²) in [7, 11) is 0. The van der Waals surface area contributed by atoms with Crippen LogP contribution in [0.15, 0.2) is 22.7 Å². The molecule has 1 heterocycles. The molecule has 0 N–H and O–H groups in total. The average molecular weight is 388 g/mol. The van der Waals surface area contributed by atoms with E-state index in [0.717, 1.165) is 29.7 Å². The van der Waals surface area contributed by atoms with E-state index in [-0.39, 0.29) is 11.7 Å². The maximum atomic E-state index is 13.8. The molecule has 1 aromatic rings. The molecule has 1 aromatic carbocycles. The second kappa shape index (κ2) is 8.92. The van der Waals surface area contributed by atoms with Gasteiger partial charge in [-0.15, -0.1) is 0 Å². The Morgan fingerprint density at radius 3 is 3.00 bits per heavy atom. The van der Waals surface area contributed by atoms with Crippen molar-refractivity contribution in [3.8, 4) is 0 Å². The molecular formula is C17H23BrFNOS. The molecule has 1 aliphatic heterocycles. The van der Waals surface area contributed by atoms with Gasteiger partial charge in [0.05, 0.1) is 0 Å². The quantitative estimate of drug-likeness (QED) is 0.732. The largest absolute Gasteiger partial charge is 0.342 e. The Morgan fingerprint density at radius 1 is 1.45 bits per heavy atom. The van der Waals surface area contributed by atoms with Crippen LogP contribution in [0.25, 0.3) is 0 Å². The van der Waals surface area contributed by atoms with Crippen LogP contribution in [0.5, 0.6) is 0 Å². The lowest BCUT2D eigenvalue weighted by Crippen LogP contribution is -2.35. The molecule has 122 valence electrons. The molecule has 1 aliphatic rings. The van der Waals surface area contributed by atoms with Crippen LogP contribution in [0.3, 0.4) is 0 Å². The second-order valence-electron chi connectivity index (χ2n) is 5.65. The fourth-order valence-electron chi connectivity index (χ4n) is 2.83. The van der Waals surface area contributed by atoms with Crippen LogP contribution in [0.2, 0.25) is 0 Å². The Balaban J connectivity index is 1.90. The molecule has 0 aromatic heterocycles. The summed E-state index contributed by atoms with van der Waals surface area (Å²) >= 11 is 5.20. The van der Waals surface area contributed by atoms with Crippen molar-refractivity contribution in [3.05, 3.63) is 34.1 Å². The maximum absolute atomic E-state index is 13.8. The summed E-state index contributed by atoms with van der Waals surface area (Å²) in [6.07, 6.45) is 4.34. The molecule has 2 rings (SSSR count). The monoisotopic (exact) mass is 387 g/mol. The number of carbonyl (C=O) groups excluding carboxylic acids is 1. The van der Waals surface area contributed by atoms with E-state index in [1.165, 1.54) is 18.9 Å². The first-order valence-electron chi connectivity index (χ1n) is 7.93. The first kappa shape index (κ1) is 17.8. The van der Waals surface area contributed by atoms with Gasteiger partial charge in [0.15, 0.2) is 0 Å². The molecule has 0 saturated carbocycles. The van der Waals surface area contributed by atoms with Crippen molar-refractivity contribution in [3.63, 3.8) is 0 Å². The van der Waals surface area contributed by atoms with E-state index >= 15 is 0 Å². The minimum atomic E-state index is -0.238. The first-order valence-corrected chi connectivity index (χ1v) is 9.77. The number of amides is 1. The predicted octanol–water partition coefficient (Wildman–Crippen LogP) is 4.66. The van der Waals surface area contributed by atoms with Crippen molar-refractivity contribution >= 4 is 33.6 Å². The lowest BCUT2D eigenvalue weighted by atomic mass is 10.1. The maximum Gasteiger partial charge on any atom is 0.222 e. The number of likely N-dealkylation sites (tertiary alicyclic amines) is 1. The Hall–Kier alpha value is -0.550. The molecule has 0 aliphatic carbocycles. The highest BCUT2D eigenvalue weighted by Crippen LogP contribution is 2.23. The van der Waals surface area contributed by atoms with E-state index in [1.54, 1.807) is 6.07 Å². The molecule has 0 radical (unpaired) electrons. The zero-order chi connectivity index (χ0) is 15.9. The molecule has 2 nitrogen and oxygen atoms in total. The number of halogens is 2. The fraction of sp³-hybridized carbons (Fsp3) is 0.588. The Morgan fingerprint density at radius 2 is 2.27 bits per heavy atom. The van der Waals surface area contributed by atoms with Gasteiger partial charge >= 0.3 is 0 Å². The van der Waals surface area contributed by atoms with Gasteiger partial charge in [-0.05, 0) is 42.7 Å². The van der Waals surface area contributed by atoms with E-state index < -0.39 is 0 Å². The van der Waals surface area contributed by atoms with Gasteiger partial charge < -0.3 is 4.90 Å². The van der Waals surface area contributed by atoms with Gasteiger partial charge in [-0.1, -0.05) is 35.3 Å². The Bertz CT molecular complexity index is 511. The summed E-state index contributed by atoms with van der Waals surface area (Å²) in [6.45, 7) is 3.86. The van der Waals surface area contributed by atoms with Crippen LogP contribution in [0.4, 0.5) is 4.39 Å². The molecule has 1 atom stereocenters. The predicted molar refractivity (Wildman–Crippen MR) is 94.8 cm³/mol. The van der Waals surface area contributed by atoms with E-state index in [1.807, 2.05) is 22.7 Å². The van der Waals surface area contributed by atoms with Crippen LogP contribution in [-0.2, 0) is 11.2 Å². The molecule has 22 heavy (non-hydrogen) atoms. The summed E-state index contributed by atoms with van der Waals surface area (Å²) in [5, 5.41) is 0.556. The Kier molecular flexibility index (Phi) is 7.22. The molecular weight excluding hydrogens is 365 g/mol. The van der Waals surface area contributed by atoms with Crippen LogP contribution in [-0.4, -0.2) is 34.9 Å². The van der Waals surface area contributed by atoms with Gasteiger partial charge in [0.25, 0.3) is 0 Å². The molecule has 1 saturated heterocycles. The number of rotatable bonds is 5. The number of benzene rings is 1. The lowest BCUT2D eigenvalue weighted by molar-refractivity contribution is -0.131. The van der Waals surface area contributed by atoms with E-state index in [4.69, 9.17) is 0 Å². The summed E-state index contributed by atoms with van der Waals surface area (Å²) in [4.78, 5) is 14.4. The van der Waals surface area contributed by atoms with E-state index in [2.05, 4.69) is 22.9 Å². The molecule has 1 fully saturated rings. The fourth-order valence-corrected chi connectivity index (χ4v) is 4.25. The summed E-state index contributed by atoms with van der Waals surface area (Å²) in [5.74, 6) is 1.01. The SMILES string of the molecule is CCSC1CCCCN(C(=O)CCc2ccc(Br)cc2F)C1. The van der Waals surface area contributed by atoms with Gasteiger partial charge in [0, 0.05) is 29.2 Å². The number of hydrogen-bond donors (Lipinski definition) is 0. The van der Waals surface area contributed by atoms with Crippen molar-refractivity contribution in [2.75, 3.05) is 18.8 Å². The van der Waals surface area contributed by atoms with Gasteiger partial charge in [-0.25, -0.2) is 4.39 Å². The van der Waals surface area contributed by atoms with Crippen molar-refractivity contribution in [2.24, 2.45) is 0 Å². The zero-order valence-corrected chi connectivity index (χ0v) is 15.4. The second-order valence-corrected chi connectivity index (χ2v) is 8.14. The summed E-state index contributed by atoms with van der Waals surface area (Å²) < 4.78 is 14.5. The number of aryl methyl sites for hydroxylation is 1. The highest BCUT2D eigenvalue weighted by Gasteiger charge is 2.21. The van der Waals surface area contributed by atoms with Crippen LogP contribution < -0.4 is 0 Å². The standard InChI is InChI=1S/C17H23BrFNOS/c1-2-22-15-5-3-4-10-20(12-15)17(21)9-7-13-6-8-14(18)11-16(13)19/h6,8,11,15H,2-5,7,9-10,12H2,1H3. The Labute approximate surface area is 145 Å². The summed E-state index contributed by atoms with van der Waals surface area (Å²) in [6, 6.07) is 5.03. The van der Waals surface area contributed by atoms with E-state index in [0.29, 0.717) is 23.7 Å². The molecule has 0 spiro atoms. The van der Waals surface area contributed by atoms with Gasteiger partial charge in [0.1, 0.15) is 5.82 Å². The molecule has 1 unspecified atom stereocenters. The third-order valence-corrected chi connectivity index (χ3v) is 5.69. The number of hydrogen-bond acceptors (Lipinski definition) is 2. The molecule has 0 bridgehead atoms. The highest BCUT2D eigenvalue weighted by atomic mass is 79.9. The number of nitrogens with zero attached hydrogens (tertiary/aromatic N) is 1. The highest BCUT2D eigenvalue weighted by molar-refractivity contribution is 9.10. The first-order chi connectivity index (χ1) is 10.6. The van der Waals surface area contributed by atoms with Crippen molar-refractivity contribution in [1.82, 2.24) is 4.90 Å². The number of thioether (sulfide) groups is 1. The molecule has 5 heteroatoms. The van der Waals surface area contributed by atoms with Gasteiger partial charge in [-0.2, -0.15) is 11.8 Å². The third-order valence-electron chi connectivity index (χ3n) is 4.01. The third kappa shape index (κ3) is 5.27. The van der Waals surface area contributed by atoms with Gasteiger partial charge in [0.2, 0.25) is 5.91 Å². The average Bonchev–Trinajstić information content (AvgIpc) is 2.72. The van der Waals surface area contributed by atoms with Crippen LogP contribution in [0.1, 0.15) is 38.2 Å². The lowest BCUT2D eigenvalue weighted by Gasteiger charge is -2.24. The minimum absolute atomic E-state index is 0.158. The van der Waals surface area contributed by atoms with E-state index in [9.17, 15) is 9.18 Å². The van der Waals surface area contributed by atoms with Crippen molar-refractivity contribution in [1.29, 1.82) is 0 Å². The zero-order valence-electron chi connectivity index (χ0n) is 13.0. The number of carbonyl (C=O) groups is 1. The van der Waals surface area contributed by atoms with Gasteiger partial charge in [-0.3, -0.25) is 4.79 Å². The minimum Gasteiger partial charge on any atom is -0.342 e. The smallest absolute Gasteiger partial charge is 0.222 e. The van der Waals surface area contributed by atoms with Crippen LogP contribution >= 0.6 is 27.7 Å². The van der Waals surface area contributed by atoms with Crippen molar-refractivity contribution in [2.45, 2.75) is 44.3 Å². The topological polar surface area (TPSA) is 20.3 Å². The summed E-state index contributed by atoms with van der Waals surface area (Å²) in [5.41, 5.74) is 0.617.